The Morgan fingerprint density at radius 2 is 1.52 bits per heavy atom. The lowest BCUT2D eigenvalue weighted by Crippen LogP contribution is -2.54. The Bertz CT molecular complexity index is 633. The molecule has 5 rings (SSSR count). The highest BCUT2D eigenvalue weighted by Crippen LogP contribution is 2.57. The van der Waals surface area contributed by atoms with Crippen LogP contribution in [-0.2, 0) is 19.1 Å². The van der Waals surface area contributed by atoms with Crippen molar-refractivity contribution in [1.29, 1.82) is 0 Å². The first-order valence-corrected chi connectivity index (χ1v) is 11.2. The first-order valence-electron chi connectivity index (χ1n) is 11.2. The molecule has 0 aliphatic heterocycles. The van der Waals surface area contributed by atoms with Gasteiger partial charge in [0.15, 0.2) is 0 Å². The molecule has 1 amide bonds. The van der Waals surface area contributed by atoms with Gasteiger partial charge in [0.2, 0.25) is 0 Å². The number of esters is 1. The number of carboxylic acid groups (broad SMARTS) is 1. The molecule has 0 aromatic carbocycles. The topological polar surface area (TPSA) is 105 Å². The van der Waals surface area contributed by atoms with E-state index in [1.165, 1.54) is 19.3 Å². The Morgan fingerprint density at radius 1 is 0.966 bits per heavy atom. The van der Waals surface area contributed by atoms with Gasteiger partial charge in [0, 0.05) is 0 Å². The molecule has 162 valence electrons. The van der Waals surface area contributed by atoms with Crippen LogP contribution in [-0.4, -0.2) is 35.3 Å². The fraction of sp³-hybridized carbons (Fsp3) is 0.864. The Kier molecular flexibility index (Phi) is 5.51. The summed E-state index contributed by atoms with van der Waals surface area (Å²) < 4.78 is 11.3. The van der Waals surface area contributed by atoms with Crippen LogP contribution in [0.4, 0.5) is 4.79 Å². The van der Waals surface area contributed by atoms with Crippen LogP contribution in [0.5, 0.6) is 0 Å². The predicted octanol–water partition coefficient (Wildman–Crippen LogP) is 2.46. The van der Waals surface area contributed by atoms with Crippen LogP contribution >= 0.6 is 0 Å². The maximum absolute atomic E-state index is 12.6. The number of hydrogen-bond donors (Lipinski definition) is 1. The van der Waals surface area contributed by atoms with Gasteiger partial charge in [0.1, 0.15) is 11.2 Å². The number of carboxylic acids is 1. The third-order valence-electron chi connectivity index (χ3n) is 7.51. The first-order chi connectivity index (χ1) is 13.7. The van der Waals surface area contributed by atoms with Gasteiger partial charge in [0.05, 0.1) is 18.4 Å². The van der Waals surface area contributed by atoms with E-state index in [9.17, 15) is 19.5 Å². The van der Waals surface area contributed by atoms with Gasteiger partial charge in [-0.25, -0.2) is 4.79 Å². The zero-order valence-corrected chi connectivity index (χ0v) is 17.2. The number of carbonyl (C=O) groups excluding carboxylic acids is 3. The maximum atomic E-state index is 12.6. The minimum absolute atomic E-state index is 0.432. The molecule has 5 aliphatic rings. The third kappa shape index (κ3) is 4.69. The van der Waals surface area contributed by atoms with Crippen molar-refractivity contribution in [2.45, 2.75) is 101 Å². The highest BCUT2D eigenvalue weighted by Gasteiger charge is 2.53. The Labute approximate surface area is 171 Å². The van der Waals surface area contributed by atoms with E-state index >= 15 is 0 Å². The molecule has 0 aromatic rings. The minimum Gasteiger partial charge on any atom is -0.548 e. The summed E-state index contributed by atoms with van der Waals surface area (Å²) in [6.07, 6.45) is 9.66. The number of hydrogen-bond acceptors (Lipinski definition) is 6. The van der Waals surface area contributed by atoms with Crippen LogP contribution in [0.2, 0.25) is 0 Å². The monoisotopic (exact) mass is 406 g/mol. The Morgan fingerprint density at radius 3 is 2.03 bits per heavy atom. The molecule has 7 heteroatoms. The van der Waals surface area contributed by atoms with Crippen molar-refractivity contribution in [2.75, 3.05) is 0 Å². The lowest BCUT2D eigenvalue weighted by molar-refractivity contribution is -0.308. The van der Waals surface area contributed by atoms with Crippen molar-refractivity contribution in [1.82, 2.24) is 5.32 Å². The normalized spacial score (nSPS) is 35.6. The summed E-state index contributed by atoms with van der Waals surface area (Å²) in [5, 5.41) is 13.8. The average Bonchev–Trinajstić information content (AvgIpc) is 2.59. The van der Waals surface area contributed by atoms with Crippen LogP contribution in [0.25, 0.3) is 0 Å². The molecule has 7 nitrogen and oxygen atoms in total. The lowest BCUT2D eigenvalue weighted by atomic mass is 9.54. The van der Waals surface area contributed by atoms with Gasteiger partial charge >= 0.3 is 12.1 Å². The fourth-order valence-corrected chi connectivity index (χ4v) is 6.60. The third-order valence-corrected chi connectivity index (χ3v) is 7.51. The van der Waals surface area contributed by atoms with E-state index in [4.69, 9.17) is 9.47 Å². The van der Waals surface area contributed by atoms with Gasteiger partial charge in [-0.15, -0.1) is 0 Å². The SMILES string of the molecule is CC1(OC(=O)NC(CC(=O)OC23CC4CC(CC(C4)C2)C3)C(=O)[O-])CCCCC1. The molecule has 0 saturated heterocycles. The summed E-state index contributed by atoms with van der Waals surface area (Å²) >= 11 is 0. The number of carbonyl (C=O) groups is 3. The number of rotatable bonds is 6. The predicted molar refractivity (Wildman–Crippen MR) is 102 cm³/mol. The molecule has 5 aliphatic carbocycles. The van der Waals surface area contributed by atoms with Gasteiger partial charge < -0.3 is 24.7 Å². The molecular formula is C22H32NO6-. The van der Waals surface area contributed by atoms with Gasteiger partial charge in [-0.3, -0.25) is 4.79 Å². The van der Waals surface area contributed by atoms with E-state index < -0.39 is 41.7 Å². The smallest absolute Gasteiger partial charge is 0.408 e. The number of nitrogens with one attached hydrogen (secondary N) is 1. The standard InChI is InChI=1S/C22H33NO6/c1-21(5-3-2-4-6-21)29-20(27)23-17(19(25)26)10-18(24)28-22-11-14-7-15(12-22)9-16(8-14)13-22/h14-17H,2-13H2,1H3,(H,23,27)(H,25,26)/p-1. The van der Waals surface area contributed by atoms with Crippen molar-refractivity contribution in [3.05, 3.63) is 0 Å². The van der Waals surface area contributed by atoms with E-state index in [1.807, 2.05) is 6.92 Å². The van der Waals surface area contributed by atoms with Crippen molar-refractivity contribution >= 4 is 18.0 Å². The van der Waals surface area contributed by atoms with Crippen LogP contribution in [0.3, 0.4) is 0 Å². The van der Waals surface area contributed by atoms with Gasteiger partial charge in [-0.05, 0) is 88.9 Å². The molecule has 4 bridgehead atoms. The molecule has 5 saturated carbocycles. The second-order valence-corrected chi connectivity index (χ2v) is 10.2. The number of aliphatic carboxylic acids is 1. The largest absolute Gasteiger partial charge is 0.548 e. The van der Waals surface area contributed by atoms with Gasteiger partial charge in [-0.2, -0.15) is 0 Å². The molecular weight excluding hydrogens is 374 g/mol. The van der Waals surface area contributed by atoms with Crippen LogP contribution < -0.4 is 10.4 Å². The van der Waals surface area contributed by atoms with Gasteiger partial charge in [0.25, 0.3) is 0 Å². The van der Waals surface area contributed by atoms with Crippen LogP contribution in [0.1, 0.15) is 84.0 Å². The fourth-order valence-electron chi connectivity index (χ4n) is 6.60. The van der Waals surface area contributed by atoms with E-state index in [1.54, 1.807) is 0 Å². The zero-order chi connectivity index (χ0) is 20.6. The zero-order valence-electron chi connectivity index (χ0n) is 17.2. The molecule has 0 heterocycles. The van der Waals surface area contributed by atoms with Crippen LogP contribution in [0, 0.1) is 17.8 Å². The number of amides is 1. The minimum atomic E-state index is -1.50. The second-order valence-electron chi connectivity index (χ2n) is 10.2. The van der Waals surface area contributed by atoms with E-state index in [0.717, 1.165) is 51.4 Å². The van der Waals surface area contributed by atoms with E-state index in [0.29, 0.717) is 17.8 Å². The second kappa shape index (κ2) is 7.80. The Hall–Kier alpha value is -1.79. The molecule has 0 spiro atoms. The highest BCUT2D eigenvalue weighted by molar-refractivity contribution is 5.84. The molecule has 1 unspecified atom stereocenters. The highest BCUT2D eigenvalue weighted by atomic mass is 16.6. The average molecular weight is 406 g/mol. The summed E-state index contributed by atoms with van der Waals surface area (Å²) in [6, 6.07) is -1.45. The molecule has 29 heavy (non-hydrogen) atoms. The summed E-state index contributed by atoms with van der Waals surface area (Å²) in [7, 11) is 0. The molecule has 5 fully saturated rings. The van der Waals surface area contributed by atoms with E-state index in [2.05, 4.69) is 5.32 Å². The summed E-state index contributed by atoms with van der Waals surface area (Å²) in [5.74, 6) is -0.218. The molecule has 0 aromatic heterocycles. The van der Waals surface area contributed by atoms with Crippen LogP contribution in [0.15, 0.2) is 0 Å². The Balaban J connectivity index is 1.31. The first kappa shape index (κ1) is 20.5. The summed E-state index contributed by atoms with van der Waals surface area (Å²) in [6.45, 7) is 1.86. The van der Waals surface area contributed by atoms with Crippen molar-refractivity contribution in [2.24, 2.45) is 17.8 Å². The lowest BCUT2D eigenvalue weighted by Gasteiger charge is -2.55. The quantitative estimate of drug-likeness (QED) is 0.680. The van der Waals surface area contributed by atoms with E-state index in [-0.39, 0.29) is 0 Å². The van der Waals surface area contributed by atoms with Crippen molar-refractivity contribution in [3.8, 4) is 0 Å². The maximum Gasteiger partial charge on any atom is 0.408 e. The van der Waals surface area contributed by atoms with Crippen molar-refractivity contribution < 1.29 is 29.0 Å². The van der Waals surface area contributed by atoms with Gasteiger partial charge in [-0.1, -0.05) is 6.42 Å². The summed E-state index contributed by atoms with van der Waals surface area (Å²) in [4.78, 5) is 36.3. The van der Waals surface area contributed by atoms with Crippen molar-refractivity contribution in [3.63, 3.8) is 0 Å². The summed E-state index contributed by atoms with van der Waals surface area (Å²) in [5.41, 5.74) is -1.02. The molecule has 0 radical (unpaired) electrons. The molecule has 1 atom stereocenters. The number of ether oxygens (including phenoxy) is 2. The molecule has 1 N–H and O–H groups in total. The number of alkyl carbamates (subject to hydrolysis) is 1.